The van der Waals surface area contributed by atoms with Crippen LogP contribution in [-0.2, 0) is 0 Å². The third kappa shape index (κ3) is 1.90. The number of fused-ring (bicyclic) bond motifs is 1. The van der Waals surface area contributed by atoms with Crippen molar-refractivity contribution in [3.8, 4) is 0 Å². The monoisotopic (exact) mass is 247 g/mol. The summed E-state index contributed by atoms with van der Waals surface area (Å²) in [6.07, 6.45) is 3.83. The molecule has 2 aromatic rings. The highest BCUT2D eigenvalue weighted by molar-refractivity contribution is 7.18. The second kappa shape index (κ2) is 4.26. The van der Waals surface area contributed by atoms with Crippen LogP contribution in [0.4, 0.5) is 5.82 Å². The lowest BCUT2D eigenvalue weighted by Crippen LogP contribution is -2.14. The Morgan fingerprint density at radius 3 is 2.88 bits per heavy atom. The first-order chi connectivity index (χ1) is 8.28. The molecule has 2 aromatic heterocycles. The summed E-state index contributed by atoms with van der Waals surface area (Å²) in [7, 11) is 0. The van der Waals surface area contributed by atoms with E-state index in [0.717, 1.165) is 23.0 Å². The Kier molecular flexibility index (Phi) is 2.74. The summed E-state index contributed by atoms with van der Waals surface area (Å²) in [5.41, 5.74) is 0. The van der Waals surface area contributed by atoms with Gasteiger partial charge in [0.1, 0.15) is 16.5 Å². The van der Waals surface area contributed by atoms with Crippen molar-refractivity contribution < 1.29 is 0 Å². The minimum atomic E-state index is 0.596. The quantitative estimate of drug-likeness (QED) is 0.898. The van der Waals surface area contributed by atoms with Gasteiger partial charge in [-0.15, -0.1) is 11.3 Å². The third-order valence-corrected chi connectivity index (χ3v) is 4.29. The zero-order valence-corrected chi connectivity index (χ0v) is 11.1. The van der Waals surface area contributed by atoms with Crippen molar-refractivity contribution in [2.75, 3.05) is 11.9 Å². The van der Waals surface area contributed by atoms with Crippen LogP contribution in [0.1, 0.15) is 42.8 Å². The van der Waals surface area contributed by atoms with E-state index in [1.54, 1.807) is 11.3 Å². The van der Waals surface area contributed by atoms with E-state index in [1.807, 2.05) is 0 Å². The summed E-state index contributed by atoms with van der Waals surface area (Å²) < 4.78 is 0. The summed E-state index contributed by atoms with van der Waals surface area (Å²) in [5.74, 6) is 2.66. The smallest absolute Gasteiger partial charge is 0.138 e. The van der Waals surface area contributed by atoms with Crippen LogP contribution in [0.3, 0.4) is 0 Å². The summed E-state index contributed by atoms with van der Waals surface area (Å²) in [4.78, 5) is 11.9. The predicted octanol–water partition coefficient (Wildman–Crippen LogP) is 3.70. The van der Waals surface area contributed by atoms with Crippen LogP contribution < -0.4 is 5.32 Å². The molecule has 90 valence electrons. The largest absolute Gasteiger partial charge is 0.370 e. The van der Waals surface area contributed by atoms with Crippen molar-refractivity contribution in [2.24, 2.45) is 0 Å². The predicted molar refractivity (Wildman–Crippen MR) is 72.9 cm³/mol. The van der Waals surface area contributed by atoms with E-state index in [1.165, 1.54) is 29.5 Å². The van der Waals surface area contributed by atoms with Gasteiger partial charge in [0.2, 0.25) is 0 Å². The fourth-order valence-electron chi connectivity index (χ4n) is 2.21. The molecule has 0 amide bonds. The summed E-state index contributed by atoms with van der Waals surface area (Å²) >= 11 is 1.77. The van der Waals surface area contributed by atoms with Gasteiger partial charge in [0.15, 0.2) is 0 Å². The molecule has 1 aliphatic rings. The van der Waals surface area contributed by atoms with Crippen LogP contribution in [0.5, 0.6) is 0 Å². The van der Waals surface area contributed by atoms with Crippen molar-refractivity contribution in [1.82, 2.24) is 9.97 Å². The average molecular weight is 247 g/mol. The molecule has 4 heteroatoms. The fraction of sp³-hybridized carbons (Fsp3) is 0.538. The Hall–Kier alpha value is -1.16. The minimum Gasteiger partial charge on any atom is -0.370 e. The van der Waals surface area contributed by atoms with E-state index < -0.39 is 0 Å². The molecule has 1 N–H and O–H groups in total. The molecule has 3 rings (SSSR count). The summed E-state index contributed by atoms with van der Waals surface area (Å²) in [6.45, 7) is 5.15. The van der Waals surface area contributed by atoms with E-state index >= 15 is 0 Å². The van der Waals surface area contributed by atoms with Crippen LogP contribution in [0.25, 0.3) is 10.2 Å². The number of nitrogens with one attached hydrogen (secondary N) is 1. The Bertz CT molecular complexity index is 543. The van der Waals surface area contributed by atoms with Gasteiger partial charge in [-0.2, -0.15) is 0 Å². The van der Waals surface area contributed by atoms with Gasteiger partial charge in [-0.05, 0) is 32.8 Å². The molecule has 2 heterocycles. The van der Waals surface area contributed by atoms with E-state index in [9.17, 15) is 0 Å². The normalized spacial score (nSPS) is 16.1. The van der Waals surface area contributed by atoms with Gasteiger partial charge in [-0.3, -0.25) is 0 Å². The van der Waals surface area contributed by atoms with E-state index in [4.69, 9.17) is 9.97 Å². The lowest BCUT2D eigenvalue weighted by atomic mass is 9.85. The van der Waals surface area contributed by atoms with Crippen LogP contribution in [0.15, 0.2) is 6.07 Å². The molecule has 0 saturated heterocycles. The van der Waals surface area contributed by atoms with Crippen molar-refractivity contribution in [1.29, 1.82) is 0 Å². The van der Waals surface area contributed by atoms with Crippen LogP contribution >= 0.6 is 11.3 Å². The Labute approximate surface area is 105 Å². The molecule has 0 aliphatic heterocycles. The highest BCUT2D eigenvalue weighted by atomic mass is 32.1. The lowest BCUT2D eigenvalue weighted by Gasteiger charge is -2.24. The topological polar surface area (TPSA) is 37.8 Å². The van der Waals surface area contributed by atoms with Gasteiger partial charge in [0.25, 0.3) is 0 Å². The molecular weight excluding hydrogens is 230 g/mol. The lowest BCUT2D eigenvalue weighted by molar-refractivity contribution is 0.403. The Balaban J connectivity index is 2.11. The van der Waals surface area contributed by atoms with Crippen molar-refractivity contribution in [3.63, 3.8) is 0 Å². The van der Waals surface area contributed by atoms with Gasteiger partial charge in [-0.1, -0.05) is 6.42 Å². The zero-order chi connectivity index (χ0) is 11.8. The maximum absolute atomic E-state index is 4.73. The second-order valence-corrected chi connectivity index (χ2v) is 5.90. The molecule has 0 spiro atoms. The first kappa shape index (κ1) is 11.0. The number of hydrogen-bond acceptors (Lipinski definition) is 4. The number of anilines is 1. The van der Waals surface area contributed by atoms with Crippen molar-refractivity contribution in [3.05, 3.63) is 16.8 Å². The first-order valence-corrected chi connectivity index (χ1v) is 7.11. The highest BCUT2D eigenvalue weighted by Gasteiger charge is 2.23. The van der Waals surface area contributed by atoms with Gasteiger partial charge < -0.3 is 5.32 Å². The molecule has 3 nitrogen and oxygen atoms in total. The number of rotatable bonds is 3. The van der Waals surface area contributed by atoms with E-state index in [-0.39, 0.29) is 0 Å². The number of nitrogens with zero attached hydrogens (tertiary/aromatic N) is 2. The van der Waals surface area contributed by atoms with E-state index in [0.29, 0.717) is 5.92 Å². The van der Waals surface area contributed by atoms with Crippen LogP contribution in [0.2, 0.25) is 0 Å². The standard InChI is InChI=1S/C13H17N3S/c1-3-14-12-10-7-8(2)17-13(10)16-11(15-12)9-5-4-6-9/h7,9H,3-6H2,1-2H3,(H,14,15,16). The molecule has 17 heavy (non-hydrogen) atoms. The second-order valence-electron chi connectivity index (χ2n) is 4.66. The summed E-state index contributed by atoms with van der Waals surface area (Å²) in [5, 5.41) is 4.54. The Morgan fingerprint density at radius 2 is 2.24 bits per heavy atom. The maximum Gasteiger partial charge on any atom is 0.138 e. The molecule has 0 radical (unpaired) electrons. The van der Waals surface area contributed by atoms with Crippen LogP contribution in [0, 0.1) is 6.92 Å². The minimum absolute atomic E-state index is 0.596. The number of hydrogen-bond donors (Lipinski definition) is 1. The maximum atomic E-state index is 4.73. The summed E-state index contributed by atoms with van der Waals surface area (Å²) in [6, 6.07) is 2.18. The molecule has 0 atom stereocenters. The molecule has 0 aromatic carbocycles. The molecule has 0 bridgehead atoms. The number of aryl methyl sites for hydroxylation is 1. The van der Waals surface area contributed by atoms with Gasteiger partial charge in [0, 0.05) is 17.3 Å². The number of thiophene rings is 1. The van der Waals surface area contributed by atoms with Crippen molar-refractivity contribution in [2.45, 2.75) is 39.0 Å². The van der Waals surface area contributed by atoms with Gasteiger partial charge >= 0.3 is 0 Å². The average Bonchev–Trinajstić information content (AvgIpc) is 2.56. The van der Waals surface area contributed by atoms with Gasteiger partial charge in [0.05, 0.1) is 5.39 Å². The molecule has 0 unspecified atom stereocenters. The third-order valence-electron chi connectivity index (χ3n) is 3.35. The van der Waals surface area contributed by atoms with Crippen molar-refractivity contribution >= 4 is 27.4 Å². The molecule has 1 aliphatic carbocycles. The highest BCUT2D eigenvalue weighted by Crippen LogP contribution is 2.37. The Morgan fingerprint density at radius 1 is 1.41 bits per heavy atom. The zero-order valence-electron chi connectivity index (χ0n) is 10.3. The number of aromatic nitrogens is 2. The molecular formula is C13H17N3S. The fourth-order valence-corrected chi connectivity index (χ4v) is 3.10. The SMILES string of the molecule is CCNc1nc(C2CCC2)nc2sc(C)cc12. The van der Waals surface area contributed by atoms with Gasteiger partial charge in [-0.25, -0.2) is 9.97 Å². The van der Waals surface area contributed by atoms with E-state index in [2.05, 4.69) is 25.2 Å². The molecule has 1 saturated carbocycles. The first-order valence-electron chi connectivity index (χ1n) is 6.30. The van der Waals surface area contributed by atoms with Crippen LogP contribution in [-0.4, -0.2) is 16.5 Å². The molecule has 1 fully saturated rings.